The average molecular weight is 234 g/mol. The molecule has 1 amide bonds. The summed E-state index contributed by atoms with van der Waals surface area (Å²) in [5.74, 6) is 0.203. The summed E-state index contributed by atoms with van der Waals surface area (Å²) in [5.41, 5.74) is 1.15. The molecule has 1 fully saturated rings. The van der Waals surface area contributed by atoms with Crippen molar-refractivity contribution in [2.45, 2.75) is 32.2 Å². The maximum atomic E-state index is 12.1. The van der Waals surface area contributed by atoms with Crippen molar-refractivity contribution in [1.29, 1.82) is 0 Å². The number of phenols is 1. The van der Waals surface area contributed by atoms with Gasteiger partial charge >= 0.3 is 0 Å². The zero-order valence-electron chi connectivity index (χ0n) is 10.2. The molecule has 1 aliphatic heterocycles. The molecule has 0 saturated carbocycles. The van der Waals surface area contributed by atoms with Crippen LogP contribution in [-0.4, -0.2) is 23.1 Å². The standard InChI is InChI=1S/C13H18N2O2/c1-9-8-10(16)4-5-11(9)15-12(17)13(2)6-3-7-14-13/h4-5,8,14,16H,3,6-7H2,1-2H3,(H,15,17). The first kappa shape index (κ1) is 11.9. The maximum absolute atomic E-state index is 12.1. The van der Waals surface area contributed by atoms with Gasteiger partial charge in [-0.15, -0.1) is 0 Å². The first-order valence-corrected chi connectivity index (χ1v) is 5.87. The SMILES string of the molecule is Cc1cc(O)ccc1NC(=O)C1(C)CCCN1. The minimum absolute atomic E-state index is 0.0104. The van der Waals surface area contributed by atoms with Crippen LogP contribution in [0.1, 0.15) is 25.3 Å². The summed E-state index contributed by atoms with van der Waals surface area (Å²) in [7, 11) is 0. The highest BCUT2D eigenvalue weighted by atomic mass is 16.3. The molecule has 4 heteroatoms. The quantitative estimate of drug-likeness (QED) is 0.684. The number of hydrogen-bond donors (Lipinski definition) is 3. The van der Waals surface area contributed by atoms with E-state index in [1.807, 2.05) is 13.8 Å². The summed E-state index contributed by atoms with van der Waals surface area (Å²) in [6.45, 7) is 4.67. The van der Waals surface area contributed by atoms with E-state index in [1.165, 1.54) is 0 Å². The van der Waals surface area contributed by atoms with Gasteiger partial charge in [0.2, 0.25) is 5.91 Å². The van der Waals surface area contributed by atoms with Crippen molar-refractivity contribution in [1.82, 2.24) is 5.32 Å². The van der Waals surface area contributed by atoms with Crippen molar-refractivity contribution in [3.63, 3.8) is 0 Å². The lowest BCUT2D eigenvalue weighted by Gasteiger charge is -2.23. The van der Waals surface area contributed by atoms with Gasteiger partial charge in [0.05, 0.1) is 5.54 Å². The van der Waals surface area contributed by atoms with E-state index in [9.17, 15) is 9.90 Å². The number of carbonyl (C=O) groups is 1. The molecule has 0 bridgehead atoms. The van der Waals surface area contributed by atoms with Gasteiger partial charge < -0.3 is 15.7 Å². The summed E-state index contributed by atoms with van der Waals surface area (Å²) in [6, 6.07) is 4.94. The maximum Gasteiger partial charge on any atom is 0.244 e. The lowest BCUT2D eigenvalue weighted by molar-refractivity contribution is -0.121. The molecule has 17 heavy (non-hydrogen) atoms. The Morgan fingerprint density at radius 1 is 1.53 bits per heavy atom. The molecule has 0 radical (unpaired) electrons. The second kappa shape index (κ2) is 4.37. The fourth-order valence-electron chi connectivity index (χ4n) is 2.14. The van der Waals surface area contributed by atoms with E-state index in [2.05, 4.69) is 10.6 Å². The molecule has 3 N–H and O–H groups in total. The summed E-state index contributed by atoms with van der Waals surface area (Å²) in [5, 5.41) is 15.4. The van der Waals surface area contributed by atoms with Crippen LogP contribution in [0.2, 0.25) is 0 Å². The number of phenolic OH excluding ortho intramolecular Hbond substituents is 1. The van der Waals surface area contributed by atoms with Gasteiger partial charge in [0.25, 0.3) is 0 Å². The molecule has 1 aromatic rings. The molecule has 1 aromatic carbocycles. The lowest BCUT2D eigenvalue weighted by Crippen LogP contribution is -2.48. The largest absolute Gasteiger partial charge is 0.508 e. The van der Waals surface area contributed by atoms with Crippen molar-refractivity contribution < 1.29 is 9.90 Å². The monoisotopic (exact) mass is 234 g/mol. The van der Waals surface area contributed by atoms with Gasteiger partial charge in [-0.2, -0.15) is 0 Å². The number of benzene rings is 1. The van der Waals surface area contributed by atoms with Crippen LogP contribution in [0, 0.1) is 6.92 Å². The average Bonchev–Trinajstić information content (AvgIpc) is 2.71. The predicted molar refractivity (Wildman–Crippen MR) is 67.1 cm³/mol. The molecule has 1 heterocycles. The number of rotatable bonds is 2. The Balaban J connectivity index is 2.13. The number of anilines is 1. The fourth-order valence-corrected chi connectivity index (χ4v) is 2.14. The van der Waals surface area contributed by atoms with Crippen LogP contribution in [0.5, 0.6) is 5.75 Å². The second-order valence-electron chi connectivity index (χ2n) is 4.82. The Hall–Kier alpha value is -1.55. The molecule has 0 spiro atoms. The first-order valence-electron chi connectivity index (χ1n) is 5.87. The van der Waals surface area contributed by atoms with Crippen LogP contribution in [-0.2, 0) is 4.79 Å². The summed E-state index contributed by atoms with van der Waals surface area (Å²) >= 11 is 0. The molecule has 92 valence electrons. The third-order valence-electron chi connectivity index (χ3n) is 3.33. The normalized spacial score (nSPS) is 23.6. The van der Waals surface area contributed by atoms with Crippen LogP contribution in [0.3, 0.4) is 0 Å². The Morgan fingerprint density at radius 3 is 2.88 bits per heavy atom. The van der Waals surface area contributed by atoms with Gasteiger partial charge in [0.15, 0.2) is 0 Å². The molecule has 1 unspecified atom stereocenters. The van der Waals surface area contributed by atoms with Gasteiger partial charge in [-0.05, 0) is 57.0 Å². The van der Waals surface area contributed by atoms with E-state index < -0.39 is 5.54 Å². The lowest BCUT2D eigenvalue weighted by atomic mass is 9.99. The van der Waals surface area contributed by atoms with Gasteiger partial charge in [-0.25, -0.2) is 0 Å². The molecule has 1 atom stereocenters. The Morgan fingerprint density at radius 2 is 2.29 bits per heavy atom. The van der Waals surface area contributed by atoms with Gasteiger partial charge in [-0.3, -0.25) is 4.79 Å². The Kier molecular flexibility index (Phi) is 3.07. The number of carbonyl (C=O) groups excluding carboxylic acids is 1. The van der Waals surface area contributed by atoms with Crippen LogP contribution in [0.25, 0.3) is 0 Å². The first-order chi connectivity index (χ1) is 8.01. The van der Waals surface area contributed by atoms with Crippen LogP contribution in [0.4, 0.5) is 5.69 Å². The van der Waals surface area contributed by atoms with E-state index in [-0.39, 0.29) is 11.7 Å². The van der Waals surface area contributed by atoms with Crippen LogP contribution in [0.15, 0.2) is 18.2 Å². The minimum atomic E-state index is -0.468. The summed E-state index contributed by atoms with van der Waals surface area (Å²) in [6.07, 6.45) is 1.88. The minimum Gasteiger partial charge on any atom is -0.508 e. The molecule has 0 aromatic heterocycles. The Labute approximate surface area is 101 Å². The topological polar surface area (TPSA) is 61.4 Å². The van der Waals surface area contributed by atoms with Gasteiger partial charge in [0.1, 0.15) is 5.75 Å². The molecule has 4 nitrogen and oxygen atoms in total. The number of aryl methyl sites for hydroxylation is 1. The van der Waals surface area contributed by atoms with Gasteiger partial charge in [-0.1, -0.05) is 0 Å². The molecular formula is C13H18N2O2. The number of aromatic hydroxyl groups is 1. The highest BCUT2D eigenvalue weighted by Crippen LogP contribution is 2.24. The van der Waals surface area contributed by atoms with E-state index in [1.54, 1.807) is 18.2 Å². The fraction of sp³-hybridized carbons (Fsp3) is 0.462. The van der Waals surface area contributed by atoms with E-state index in [4.69, 9.17) is 0 Å². The molecule has 2 rings (SSSR count). The third kappa shape index (κ3) is 2.42. The second-order valence-corrected chi connectivity index (χ2v) is 4.82. The summed E-state index contributed by atoms with van der Waals surface area (Å²) < 4.78 is 0. The zero-order chi connectivity index (χ0) is 12.5. The van der Waals surface area contributed by atoms with Crippen molar-refractivity contribution in [3.8, 4) is 5.75 Å². The third-order valence-corrected chi connectivity index (χ3v) is 3.33. The number of amides is 1. The molecule has 1 saturated heterocycles. The van der Waals surface area contributed by atoms with Crippen molar-refractivity contribution in [3.05, 3.63) is 23.8 Å². The molecule has 0 aliphatic carbocycles. The predicted octanol–water partition coefficient (Wildman–Crippen LogP) is 1.78. The van der Waals surface area contributed by atoms with E-state index in [0.29, 0.717) is 0 Å². The Bertz CT molecular complexity index is 437. The van der Waals surface area contributed by atoms with Crippen LogP contribution < -0.4 is 10.6 Å². The van der Waals surface area contributed by atoms with Gasteiger partial charge in [0, 0.05) is 5.69 Å². The number of hydrogen-bond acceptors (Lipinski definition) is 3. The van der Waals surface area contributed by atoms with E-state index >= 15 is 0 Å². The highest BCUT2D eigenvalue weighted by Gasteiger charge is 2.35. The molecule has 1 aliphatic rings. The van der Waals surface area contributed by atoms with Crippen LogP contribution >= 0.6 is 0 Å². The smallest absolute Gasteiger partial charge is 0.244 e. The zero-order valence-corrected chi connectivity index (χ0v) is 10.2. The molecular weight excluding hydrogens is 216 g/mol. The van der Waals surface area contributed by atoms with E-state index in [0.717, 1.165) is 30.6 Å². The summed E-state index contributed by atoms with van der Waals surface area (Å²) in [4.78, 5) is 12.1. The highest BCUT2D eigenvalue weighted by molar-refractivity contribution is 5.98. The number of nitrogens with one attached hydrogen (secondary N) is 2. The van der Waals surface area contributed by atoms with Crippen molar-refractivity contribution in [2.75, 3.05) is 11.9 Å². The van der Waals surface area contributed by atoms with Crippen molar-refractivity contribution in [2.24, 2.45) is 0 Å². The van der Waals surface area contributed by atoms with Crippen molar-refractivity contribution >= 4 is 11.6 Å².